The Morgan fingerprint density at radius 1 is 1.15 bits per heavy atom. The van der Waals surface area contributed by atoms with E-state index in [0.29, 0.717) is 11.1 Å². The number of carbonyl (C=O) groups excluding carboxylic acids is 1. The van der Waals surface area contributed by atoms with Crippen molar-refractivity contribution in [2.75, 3.05) is 12.3 Å². The van der Waals surface area contributed by atoms with Crippen molar-refractivity contribution in [3.63, 3.8) is 0 Å². The third-order valence-corrected chi connectivity index (χ3v) is 5.81. The standard InChI is InChI=1S/C19H20FNO5S/c1-2-27(25,26)16-5-3-4-13(10-16)11-18(22)21-12-17(19(23)24)14-6-8-15(20)9-7-14/h3-10,17H,2,11-12H2,1H3,(H,21,22)(H,23,24). The van der Waals surface area contributed by atoms with Gasteiger partial charge in [0.2, 0.25) is 5.91 Å². The Kier molecular flexibility index (Phi) is 6.68. The van der Waals surface area contributed by atoms with Crippen LogP contribution >= 0.6 is 0 Å². The summed E-state index contributed by atoms with van der Waals surface area (Å²) >= 11 is 0. The summed E-state index contributed by atoms with van der Waals surface area (Å²) in [5, 5.41) is 11.9. The Morgan fingerprint density at radius 2 is 1.81 bits per heavy atom. The number of carbonyl (C=O) groups is 2. The molecule has 0 aliphatic carbocycles. The van der Waals surface area contributed by atoms with Crippen LogP contribution in [0, 0.1) is 5.82 Å². The van der Waals surface area contributed by atoms with Gasteiger partial charge in [-0.25, -0.2) is 12.8 Å². The maximum atomic E-state index is 13.0. The molecule has 2 N–H and O–H groups in total. The van der Waals surface area contributed by atoms with Gasteiger partial charge in [-0.2, -0.15) is 0 Å². The summed E-state index contributed by atoms with van der Waals surface area (Å²) < 4.78 is 36.8. The van der Waals surface area contributed by atoms with Crippen LogP contribution < -0.4 is 5.32 Å². The quantitative estimate of drug-likeness (QED) is 0.716. The zero-order chi connectivity index (χ0) is 20.0. The molecule has 0 heterocycles. The van der Waals surface area contributed by atoms with Crippen LogP contribution in [0.1, 0.15) is 24.0 Å². The van der Waals surface area contributed by atoms with Gasteiger partial charge < -0.3 is 10.4 Å². The van der Waals surface area contributed by atoms with Crippen LogP contribution in [0.4, 0.5) is 4.39 Å². The Balaban J connectivity index is 2.03. The van der Waals surface area contributed by atoms with E-state index in [-0.39, 0.29) is 23.6 Å². The maximum absolute atomic E-state index is 13.0. The molecule has 1 unspecified atom stereocenters. The van der Waals surface area contributed by atoms with Gasteiger partial charge in [0.15, 0.2) is 9.84 Å². The van der Waals surface area contributed by atoms with Crippen LogP contribution in [0.2, 0.25) is 0 Å². The minimum absolute atomic E-state index is 0.0411. The highest BCUT2D eigenvalue weighted by Gasteiger charge is 2.21. The minimum Gasteiger partial charge on any atom is -0.481 e. The van der Waals surface area contributed by atoms with Crippen LogP contribution in [0.3, 0.4) is 0 Å². The van der Waals surface area contributed by atoms with Crippen molar-refractivity contribution >= 4 is 21.7 Å². The average Bonchev–Trinajstić information content (AvgIpc) is 2.63. The van der Waals surface area contributed by atoms with Crippen LogP contribution in [0.15, 0.2) is 53.4 Å². The SMILES string of the molecule is CCS(=O)(=O)c1cccc(CC(=O)NCC(C(=O)O)c2ccc(F)cc2)c1. The Hall–Kier alpha value is -2.74. The number of halogens is 1. The zero-order valence-electron chi connectivity index (χ0n) is 14.7. The smallest absolute Gasteiger partial charge is 0.312 e. The lowest BCUT2D eigenvalue weighted by Crippen LogP contribution is -2.32. The predicted molar refractivity (Wildman–Crippen MR) is 97.7 cm³/mol. The number of nitrogens with one attached hydrogen (secondary N) is 1. The molecule has 0 bridgehead atoms. The molecule has 2 aromatic rings. The number of hydrogen-bond acceptors (Lipinski definition) is 4. The summed E-state index contributed by atoms with van der Waals surface area (Å²) in [6.45, 7) is 1.38. The Bertz CT molecular complexity index is 925. The first-order valence-electron chi connectivity index (χ1n) is 8.29. The van der Waals surface area contributed by atoms with Crippen LogP contribution in [0.5, 0.6) is 0 Å². The highest BCUT2D eigenvalue weighted by Crippen LogP contribution is 2.17. The molecule has 0 radical (unpaired) electrons. The van der Waals surface area contributed by atoms with E-state index in [1.807, 2.05) is 0 Å². The number of carboxylic acids is 1. The fourth-order valence-corrected chi connectivity index (χ4v) is 3.47. The molecule has 1 atom stereocenters. The second-order valence-corrected chi connectivity index (χ2v) is 8.25. The zero-order valence-corrected chi connectivity index (χ0v) is 15.5. The predicted octanol–water partition coefficient (Wildman–Crippen LogP) is 2.15. The van der Waals surface area contributed by atoms with Crippen molar-refractivity contribution < 1.29 is 27.5 Å². The third kappa shape index (κ3) is 5.62. The molecule has 8 heteroatoms. The number of rotatable bonds is 8. The Morgan fingerprint density at radius 3 is 2.41 bits per heavy atom. The lowest BCUT2D eigenvalue weighted by molar-refractivity contribution is -0.138. The molecule has 2 aromatic carbocycles. The number of hydrogen-bond donors (Lipinski definition) is 2. The Labute approximate surface area is 157 Å². The van der Waals surface area contributed by atoms with Gasteiger partial charge in [-0.05, 0) is 35.4 Å². The van der Waals surface area contributed by atoms with Crippen LogP contribution in [0.25, 0.3) is 0 Å². The van der Waals surface area contributed by atoms with E-state index in [0.717, 1.165) is 12.1 Å². The van der Waals surface area contributed by atoms with Gasteiger partial charge in [0.25, 0.3) is 0 Å². The van der Waals surface area contributed by atoms with Gasteiger partial charge >= 0.3 is 5.97 Å². The fourth-order valence-electron chi connectivity index (χ4n) is 2.52. The average molecular weight is 393 g/mol. The number of benzene rings is 2. The van der Waals surface area contributed by atoms with Crippen molar-refractivity contribution in [2.24, 2.45) is 0 Å². The van der Waals surface area contributed by atoms with Crippen molar-refractivity contribution in [1.29, 1.82) is 0 Å². The lowest BCUT2D eigenvalue weighted by atomic mass is 9.99. The van der Waals surface area contributed by atoms with Gasteiger partial charge in [0.05, 0.1) is 23.0 Å². The molecule has 0 saturated heterocycles. The normalized spacial score (nSPS) is 12.4. The molecule has 2 rings (SSSR count). The second kappa shape index (κ2) is 8.77. The number of sulfone groups is 1. The summed E-state index contributed by atoms with van der Waals surface area (Å²) in [5.74, 6) is -3.11. The highest BCUT2D eigenvalue weighted by molar-refractivity contribution is 7.91. The van der Waals surface area contributed by atoms with E-state index in [9.17, 15) is 27.5 Å². The molecule has 1 amide bonds. The summed E-state index contributed by atoms with van der Waals surface area (Å²) in [5.41, 5.74) is 0.885. The number of carboxylic acid groups (broad SMARTS) is 1. The summed E-state index contributed by atoms with van der Waals surface area (Å²) in [4.78, 5) is 23.7. The lowest BCUT2D eigenvalue weighted by Gasteiger charge is -2.14. The molecule has 0 aliphatic rings. The first-order valence-corrected chi connectivity index (χ1v) is 9.95. The van der Waals surface area contributed by atoms with Gasteiger partial charge in [-0.15, -0.1) is 0 Å². The van der Waals surface area contributed by atoms with Crippen molar-refractivity contribution in [1.82, 2.24) is 5.32 Å². The van der Waals surface area contributed by atoms with Crippen molar-refractivity contribution in [2.45, 2.75) is 24.2 Å². The van der Waals surface area contributed by atoms with E-state index >= 15 is 0 Å². The fraction of sp³-hybridized carbons (Fsp3) is 0.263. The third-order valence-electron chi connectivity index (χ3n) is 4.08. The van der Waals surface area contributed by atoms with Gasteiger partial charge in [-0.1, -0.05) is 31.2 Å². The molecule has 0 aliphatic heterocycles. The highest BCUT2D eigenvalue weighted by atomic mass is 32.2. The minimum atomic E-state index is -3.37. The van der Waals surface area contributed by atoms with Crippen molar-refractivity contribution in [3.05, 3.63) is 65.5 Å². The van der Waals surface area contributed by atoms with Gasteiger partial charge in [0, 0.05) is 6.54 Å². The first kappa shape index (κ1) is 20.6. The van der Waals surface area contributed by atoms with E-state index in [1.165, 1.54) is 31.2 Å². The molecule has 0 saturated carbocycles. The molecular weight excluding hydrogens is 373 g/mol. The molecule has 0 fully saturated rings. The van der Waals surface area contributed by atoms with Gasteiger partial charge in [-0.3, -0.25) is 9.59 Å². The number of aliphatic carboxylic acids is 1. The van der Waals surface area contributed by atoms with Crippen LogP contribution in [-0.4, -0.2) is 37.7 Å². The molecule has 0 spiro atoms. The monoisotopic (exact) mass is 393 g/mol. The molecule has 6 nitrogen and oxygen atoms in total. The van der Waals surface area contributed by atoms with E-state index in [2.05, 4.69) is 5.32 Å². The number of amides is 1. The molecule has 0 aromatic heterocycles. The summed E-state index contributed by atoms with van der Waals surface area (Å²) in [6, 6.07) is 11.1. The van der Waals surface area contributed by atoms with Crippen LogP contribution in [-0.2, 0) is 25.8 Å². The maximum Gasteiger partial charge on any atom is 0.312 e. The van der Waals surface area contributed by atoms with Crippen molar-refractivity contribution in [3.8, 4) is 0 Å². The first-order chi connectivity index (χ1) is 12.7. The summed E-state index contributed by atoms with van der Waals surface area (Å²) in [6.07, 6.45) is -0.0805. The molecule has 144 valence electrons. The largest absolute Gasteiger partial charge is 0.481 e. The second-order valence-electron chi connectivity index (χ2n) is 5.97. The van der Waals surface area contributed by atoms with E-state index in [4.69, 9.17) is 0 Å². The molecular formula is C19H20FNO5S. The molecule has 27 heavy (non-hydrogen) atoms. The van der Waals surface area contributed by atoms with Gasteiger partial charge in [0.1, 0.15) is 5.82 Å². The van der Waals surface area contributed by atoms with E-state index in [1.54, 1.807) is 12.1 Å². The summed E-state index contributed by atoms with van der Waals surface area (Å²) in [7, 11) is -3.37. The van der Waals surface area contributed by atoms with E-state index < -0.39 is 33.4 Å². The topological polar surface area (TPSA) is 101 Å².